The topological polar surface area (TPSA) is 70.2 Å². The van der Waals surface area contributed by atoms with E-state index < -0.39 is 6.04 Å². The molecule has 0 saturated heterocycles. The van der Waals surface area contributed by atoms with E-state index in [1.807, 2.05) is 36.6 Å². The van der Waals surface area contributed by atoms with Crippen LogP contribution in [0, 0.1) is 0 Å². The quantitative estimate of drug-likeness (QED) is 0.583. The molecule has 25 heavy (non-hydrogen) atoms. The predicted octanol–water partition coefficient (Wildman–Crippen LogP) is 1.50. The zero-order valence-electron chi connectivity index (χ0n) is 14.7. The lowest BCUT2D eigenvalue weighted by Gasteiger charge is -2.20. The van der Waals surface area contributed by atoms with Gasteiger partial charge in [-0.15, -0.1) is 0 Å². The highest BCUT2D eigenvalue weighted by atomic mass is 32.2. The Bertz CT molecular complexity index is 590. The number of hydrogen-bond acceptors (Lipinski definition) is 4. The summed E-state index contributed by atoms with van der Waals surface area (Å²) in [4.78, 5) is 24.8. The highest BCUT2D eigenvalue weighted by molar-refractivity contribution is 7.98. The summed E-state index contributed by atoms with van der Waals surface area (Å²) in [5.41, 5.74) is 2.19. The molecule has 1 atom stereocenters. The molecule has 0 saturated carbocycles. The standard InChI is InChI=1S/C19H27N3O2S/c1-25-12-9-17(19(24)21-14-16-7-10-20-11-8-16)22-18(23)13-15-5-3-2-4-6-15/h2-7,17,20H,8-14H2,1H3,(H,21,24)(H,22,23). The van der Waals surface area contributed by atoms with Gasteiger partial charge in [0.1, 0.15) is 6.04 Å². The van der Waals surface area contributed by atoms with E-state index in [0.29, 0.717) is 19.4 Å². The molecule has 2 rings (SSSR count). The maximum absolute atomic E-state index is 12.5. The van der Waals surface area contributed by atoms with Crippen molar-refractivity contribution >= 4 is 23.6 Å². The Labute approximate surface area is 154 Å². The second-order valence-electron chi connectivity index (χ2n) is 6.10. The summed E-state index contributed by atoms with van der Waals surface area (Å²) in [6.07, 6.45) is 6.00. The van der Waals surface area contributed by atoms with Gasteiger partial charge in [0, 0.05) is 13.1 Å². The third-order valence-corrected chi connectivity index (χ3v) is 4.76. The minimum absolute atomic E-state index is 0.102. The average molecular weight is 362 g/mol. The van der Waals surface area contributed by atoms with Crippen LogP contribution in [-0.2, 0) is 16.0 Å². The molecular formula is C19H27N3O2S. The summed E-state index contributed by atoms with van der Waals surface area (Å²) >= 11 is 1.67. The monoisotopic (exact) mass is 361 g/mol. The lowest BCUT2D eigenvalue weighted by Crippen LogP contribution is -2.48. The van der Waals surface area contributed by atoms with Gasteiger partial charge >= 0.3 is 0 Å². The van der Waals surface area contributed by atoms with Crippen LogP contribution in [0.4, 0.5) is 0 Å². The van der Waals surface area contributed by atoms with E-state index in [-0.39, 0.29) is 11.8 Å². The molecule has 0 aromatic heterocycles. The van der Waals surface area contributed by atoms with Crippen molar-refractivity contribution in [3.63, 3.8) is 0 Å². The largest absolute Gasteiger partial charge is 0.351 e. The van der Waals surface area contributed by atoms with E-state index in [9.17, 15) is 9.59 Å². The summed E-state index contributed by atoms with van der Waals surface area (Å²) in [7, 11) is 0. The summed E-state index contributed by atoms with van der Waals surface area (Å²) in [6, 6.07) is 9.10. The van der Waals surface area contributed by atoms with Gasteiger partial charge in [-0.05, 0) is 37.0 Å². The Kier molecular flexibility index (Phi) is 8.55. The SMILES string of the molecule is CSCCC(NC(=O)Cc1ccccc1)C(=O)NCC1=CCNCC1. The van der Waals surface area contributed by atoms with Crippen LogP contribution in [-0.4, -0.2) is 49.5 Å². The molecule has 6 heteroatoms. The molecule has 3 N–H and O–H groups in total. The van der Waals surface area contributed by atoms with Gasteiger partial charge in [-0.3, -0.25) is 9.59 Å². The van der Waals surface area contributed by atoms with Crippen LogP contribution in [0.2, 0.25) is 0 Å². The predicted molar refractivity (Wildman–Crippen MR) is 104 cm³/mol. The van der Waals surface area contributed by atoms with Crippen molar-refractivity contribution in [2.45, 2.75) is 25.3 Å². The molecule has 5 nitrogen and oxygen atoms in total. The van der Waals surface area contributed by atoms with E-state index in [1.54, 1.807) is 11.8 Å². The van der Waals surface area contributed by atoms with E-state index in [1.165, 1.54) is 5.57 Å². The van der Waals surface area contributed by atoms with Gasteiger partial charge < -0.3 is 16.0 Å². The number of benzene rings is 1. The van der Waals surface area contributed by atoms with Crippen molar-refractivity contribution in [1.82, 2.24) is 16.0 Å². The molecule has 1 aromatic carbocycles. The maximum Gasteiger partial charge on any atom is 0.242 e. The first-order chi connectivity index (χ1) is 12.2. The summed E-state index contributed by atoms with van der Waals surface area (Å²) in [5, 5.41) is 9.12. The van der Waals surface area contributed by atoms with Crippen LogP contribution in [0.5, 0.6) is 0 Å². The normalized spacial score (nSPS) is 15.2. The van der Waals surface area contributed by atoms with Crippen molar-refractivity contribution in [2.24, 2.45) is 0 Å². The molecule has 0 radical (unpaired) electrons. The minimum atomic E-state index is -0.481. The van der Waals surface area contributed by atoms with Crippen LogP contribution in [0.15, 0.2) is 42.0 Å². The fourth-order valence-electron chi connectivity index (χ4n) is 2.69. The van der Waals surface area contributed by atoms with Crippen molar-refractivity contribution < 1.29 is 9.59 Å². The number of thioether (sulfide) groups is 1. The van der Waals surface area contributed by atoms with Crippen LogP contribution in [0.1, 0.15) is 18.4 Å². The van der Waals surface area contributed by atoms with Crippen molar-refractivity contribution in [3.8, 4) is 0 Å². The first-order valence-electron chi connectivity index (χ1n) is 8.67. The Morgan fingerprint density at radius 3 is 2.76 bits per heavy atom. The molecule has 1 aliphatic heterocycles. The zero-order valence-corrected chi connectivity index (χ0v) is 15.5. The Balaban J connectivity index is 1.86. The van der Waals surface area contributed by atoms with E-state index in [0.717, 1.165) is 30.8 Å². The highest BCUT2D eigenvalue weighted by Crippen LogP contribution is 2.06. The van der Waals surface area contributed by atoms with Gasteiger partial charge in [0.05, 0.1) is 6.42 Å². The zero-order chi connectivity index (χ0) is 17.9. The fourth-order valence-corrected chi connectivity index (χ4v) is 3.16. The third kappa shape index (κ3) is 7.32. The average Bonchev–Trinajstić information content (AvgIpc) is 2.64. The Morgan fingerprint density at radius 1 is 1.28 bits per heavy atom. The second-order valence-corrected chi connectivity index (χ2v) is 7.08. The number of nitrogens with one attached hydrogen (secondary N) is 3. The molecule has 0 fully saturated rings. The molecule has 0 bridgehead atoms. The first kappa shape index (κ1) is 19.5. The van der Waals surface area contributed by atoms with Gasteiger partial charge in [0.25, 0.3) is 0 Å². The Morgan fingerprint density at radius 2 is 2.08 bits per heavy atom. The van der Waals surface area contributed by atoms with Crippen LogP contribution in [0.3, 0.4) is 0 Å². The number of amides is 2. The van der Waals surface area contributed by atoms with Crippen LogP contribution in [0.25, 0.3) is 0 Å². The van der Waals surface area contributed by atoms with Crippen molar-refractivity contribution in [2.75, 3.05) is 31.6 Å². The lowest BCUT2D eigenvalue weighted by molar-refractivity contribution is -0.128. The molecule has 0 spiro atoms. The van der Waals surface area contributed by atoms with Gasteiger partial charge in [0.2, 0.25) is 11.8 Å². The number of hydrogen-bond donors (Lipinski definition) is 3. The minimum Gasteiger partial charge on any atom is -0.351 e. The second kappa shape index (κ2) is 10.9. The molecular weight excluding hydrogens is 334 g/mol. The summed E-state index contributed by atoms with van der Waals surface area (Å²) in [5.74, 6) is 0.611. The number of carbonyl (C=O) groups is 2. The summed E-state index contributed by atoms with van der Waals surface area (Å²) in [6.45, 7) is 2.37. The molecule has 136 valence electrons. The van der Waals surface area contributed by atoms with Crippen LogP contribution < -0.4 is 16.0 Å². The molecule has 1 aliphatic rings. The van der Waals surface area contributed by atoms with Crippen molar-refractivity contribution in [3.05, 3.63) is 47.5 Å². The molecule has 0 aliphatic carbocycles. The molecule has 1 heterocycles. The number of carbonyl (C=O) groups excluding carboxylic acids is 2. The van der Waals surface area contributed by atoms with Crippen molar-refractivity contribution in [1.29, 1.82) is 0 Å². The highest BCUT2D eigenvalue weighted by Gasteiger charge is 2.20. The number of rotatable bonds is 9. The molecule has 2 amide bonds. The van der Waals surface area contributed by atoms with Crippen LogP contribution >= 0.6 is 11.8 Å². The Hall–Kier alpha value is -1.79. The maximum atomic E-state index is 12.5. The molecule has 1 unspecified atom stereocenters. The van der Waals surface area contributed by atoms with Gasteiger partial charge in [0.15, 0.2) is 0 Å². The van der Waals surface area contributed by atoms with Gasteiger partial charge in [-0.25, -0.2) is 0 Å². The summed E-state index contributed by atoms with van der Waals surface area (Å²) < 4.78 is 0. The van der Waals surface area contributed by atoms with Gasteiger partial charge in [-0.1, -0.05) is 42.0 Å². The van der Waals surface area contributed by atoms with Gasteiger partial charge in [-0.2, -0.15) is 11.8 Å². The van der Waals surface area contributed by atoms with E-state index in [4.69, 9.17) is 0 Å². The smallest absolute Gasteiger partial charge is 0.242 e. The first-order valence-corrected chi connectivity index (χ1v) is 10.1. The third-order valence-electron chi connectivity index (χ3n) is 4.12. The van der Waals surface area contributed by atoms with E-state index in [2.05, 4.69) is 22.0 Å². The molecule has 1 aromatic rings. The lowest BCUT2D eigenvalue weighted by atomic mass is 10.1. The van der Waals surface area contributed by atoms with E-state index >= 15 is 0 Å². The fraction of sp³-hybridized carbons (Fsp3) is 0.474.